The molecule has 1 amide bonds. The minimum Gasteiger partial charge on any atom is -0.491 e. The number of carbonyl (C=O) groups excluding carboxylic acids is 1. The highest BCUT2D eigenvalue weighted by atomic mass is 16.5. The molecule has 0 spiro atoms. The van der Waals surface area contributed by atoms with Crippen molar-refractivity contribution >= 4 is 5.91 Å². The van der Waals surface area contributed by atoms with Gasteiger partial charge < -0.3 is 10.1 Å². The normalized spacial score (nSPS) is 23.9. The highest BCUT2D eigenvalue weighted by molar-refractivity contribution is 5.80. The Hall–Kier alpha value is -1.51. The minimum absolute atomic E-state index is 0.0759. The molecule has 1 unspecified atom stereocenters. The molecule has 17 heavy (non-hydrogen) atoms. The molecule has 1 aliphatic rings. The maximum atomic E-state index is 11.3. The number of benzene rings is 1. The molecule has 1 saturated heterocycles. The van der Waals surface area contributed by atoms with E-state index in [2.05, 4.69) is 24.4 Å². The van der Waals surface area contributed by atoms with E-state index < -0.39 is 0 Å². The van der Waals surface area contributed by atoms with E-state index in [4.69, 9.17) is 4.74 Å². The molecule has 92 valence electrons. The van der Waals surface area contributed by atoms with E-state index in [1.165, 1.54) is 5.56 Å². The molecule has 1 heterocycles. The van der Waals surface area contributed by atoms with Crippen LogP contribution >= 0.6 is 0 Å². The van der Waals surface area contributed by atoms with Crippen molar-refractivity contribution in [3.05, 3.63) is 29.8 Å². The number of amides is 1. The first-order valence-electron chi connectivity index (χ1n) is 6.03. The predicted octanol–water partition coefficient (Wildman–Crippen LogP) is 2.25. The van der Waals surface area contributed by atoms with Gasteiger partial charge in [0.15, 0.2) is 0 Å². The fourth-order valence-corrected chi connectivity index (χ4v) is 2.19. The lowest BCUT2D eigenvalue weighted by Crippen LogP contribution is -2.24. The van der Waals surface area contributed by atoms with Gasteiger partial charge >= 0.3 is 0 Å². The van der Waals surface area contributed by atoms with Crippen molar-refractivity contribution in [2.45, 2.75) is 38.7 Å². The Morgan fingerprint density at radius 3 is 2.41 bits per heavy atom. The molecular weight excluding hydrogens is 214 g/mol. The van der Waals surface area contributed by atoms with Crippen molar-refractivity contribution in [3.8, 4) is 5.75 Å². The molecule has 0 aliphatic carbocycles. The molecule has 1 aromatic rings. The zero-order valence-electron chi connectivity index (χ0n) is 10.6. The Balaban J connectivity index is 2.15. The number of nitrogens with one attached hydrogen (secondary N) is 1. The van der Waals surface area contributed by atoms with E-state index in [0.29, 0.717) is 6.42 Å². The summed E-state index contributed by atoms with van der Waals surface area (Å²) in [7, 11) is 0. The van der Waals surface area contributed by atoms with Gasteiger partial charge in [-0.3, -0.25) is 4.79 Å². The average Bonchev–Trinajstić information content (AvgIpc) is 2.60. The number of rotatable bonds is 3. The van der Waals surface area contributed by atoms with Crippen molar-refractivity contribution in [1.29, 1.82) is 0 Å². The SMILES string of the molecule is CC(C)Oc1ccc(C2(C)CNC(=O)C2)cc1. The third-order valence-electron chi connectivity index (χ3n) is 3.15. The lowest BCUT2D eigenvalue weighted by atomic mass is 9.82. The van der Waals surface area contributed by atoms with E-state index in [9.17, 15) is 4.79 Å². The third-order valence-corrected chi connectivity index (χ3v) is 3.15. The summed E-state index contributed by atoms with van der Waals surface area (Å²) in [5.74, 6) is 1.01. The summed E-state index contributed by atoms with van der Waals surface area (Å²) in [5.41, 5.74) is 1.11. The maximum Gasteiger partial charge on any atom is 0.220 e. The van der Waals surface area contributed by atoms with Gasteiger partial charge in [0.1, 0.15) is 5.75 Å². The highest BCUT2D eigenvalue weighted by Crippen LogP contribution is 2.31. The van der Waals surface area contributed by atoms with E-state index in [1.807, 2.05) is 26.0 Å². The molecule has 3 nitrogen and oxygen atoms in total. The molecular formula is C14H19NO2. The van der Waals surface area contributed by atoms with Crippen LogP contribution in [0.2, 0.25) is 0 Å². The Morgan fingerprint density at radius 1 is 1.29 bits per heavy atom. The minimum atomic E-state index is -0.0759. The number of hydrogen-bond acceptors (Lipinski definition) is 2. The lowest BCUT2D eigenvalue weighted by Gasteiger charge is -2.22. The van der Waals surface area contributed by atoms with Crippen molar-refractivity contribution < 1.29 is 9.53 Å². The summed E-state index contributed by atoms with van der Waals surface area (Å²) in [6, 6.07) is 8.06. The summed E-state index contributed by atoms with van der Waals surface area (Å²) >= 11 is 0. The Morgan fingerprint density at radius 2 is 1.94 bits per heavy atom. The van der Waals surface area contributed by atoms with Gasteiger partial charge in [-0.05, 0) is 31.5 Å². The first kappa shape index (κ1) is 12.0. The molecule has 1 atom stereocenters. The zero-order valence-corrected chi connectivity index (χ0v) is 10.6. The Bertz CT molecular complexity index is 411. The standard InChI is InChI=1S/C14H19NO2/c1-10(2)17-12-6-4-11(5-7-12)14(3)8-13(16)15-9-14/h4-7,10H,8-9H2,1-3H3,(H,15,16). The summed E-state index contributed by atoms with van der Waals surface area (Å²) in [4.78, 5) is 11.3. The molecule has 1 fully saturated rings. The highest BCUT2D eigenvalue weighted by Gasteiger charge is 2.35. The van der Waals surface area contributed by atoms with Gasteiger partial charge in [0.2, 0.25) is 5.91 Å². The molecule has 0 bridgehead atoms. The number of hydrogen-bond donors (Lipinski definition) is 1. The predicted molar refractivity (Wildman–Crippen MR) is 67.2 cm³/mol. The van der Waals surface area contributed by atoms with Crippen LogP contribution < -0.4 is 10.1 Å². The smallest absolute Gasteiger partial charge is 0.220 e. The summed E-state index contributed by atoms with van der Waals surface area (Å²) in [6.45, 7) is 6.85. The Kier molecular flexibility index (Phi) is 3.09. The van der Waals surface area contributed by atoms with Gasteiger partial charge in [-0.1, -0.05) is 19.1 Å². The van der Waals surface area contributed by atoms with Gasteiger partial charge in [0, 0.05) is 18.4 Å². The fraction of sp³-hybridized carbons (Fsp3) is 0.500. The van der Waals surface area contributed by atoms with Crippen LogP contribution in [0.3, 0.4) is 0 Å². The number of carbonyl (C=O) groups is 1. The second-order valence-corrected chi connectivity index (χ2v) is 5.21. The first-order chi connectivity index (χ1) is 7.99. The van der Waals surface area contributed by atoms with E-state index >= 15 is 0 Å². The van der Waals surface area contributed by atoms with Crippen LogP contribution in [-0.2, 0) is 10.2 Å². The van der Waals surface area contributed by atoms with Crippen LogP contribution in [0.15, 0.2) is 24.3 Å². The van der Waals surface area contributed by atoms with Crippen molar-refractivity contribution in [2.75, 3.05) is 6.54 Å². The topological polar surface area (TPSA) is 38.3 Å². The van der Waals surface area contributed by atoms with Gasteiger partial charge in [-0.15, -0.1) is 0 Å². The van der Waals surface area contributed by atoms with Gasteiger partial charge in [0.25, 0.3) is 0 Å². The molecule has 0 aromatic heterocycles. The van der Waals surface area contributed by atoms with Crippen LogP contribution in [0.5, 0.6) is 5.75 Å². The van der Waals surface area contributed by atoms with Crippen LogP contribution in [0.4, 0.5) is 0 Å². The summed E-state index contributed by atoms with van der Waals surface area (Å²) in [5, 5.41) is 2.89. The summed E-state index contributed by atoms with van der Waals surface area (Å²) < 4.78 is 5.60. The van der Waals surface area contributed by atoms with Gasteiger partial charge in [-0.25, -0.2) is 0 Å². The van der Waals surface area contributed by atoms with Gasteiger partial charge in [0.05, 0.1) is 6.10 Å². The molecule has 0 radical (unpaired) electrons. The van der Waals surface area contributed by atoms with Crippen molar-refractivity contribution in [1.82, 2.24) is 5.32 Å². The van der Waals surface area contributed by atoms with Crippen LogP contribution in [0.25, 0.3) is 0 Å². The molecule has 1 N–H and O–H groups in total. The first-order valence-corrected chi connectivity index (χ1v) is 6.03. The molecule has 1 aliphatic heterocycles. The second kappa shape index (κ2) is 4.40. The van der Waals surface area contributed by atoms with Gasteiger partial charge in [-0.2, -0.15) is 0 Å². The largest absolute Gasteiger partial charge is 0.491 e. The molecule has 1 aromatic carbocycles. The van der Waals surface area contributed by atoms with Crippen LogP contribution in [0, 0.1) is 0 Å². The van der Waals surface area contributed by atoms with Crippen molar-refractivity contribution in [2.24, 2.45) is 0 Å². The van der Waals surface area contributed by atoms with E-state index in [-0.39, 0.29) is 17.4 Å². The van der Waals surface area contributed by atoms with E-state index in [0.717, 1.165) is 12.3 Å². The zero-order chi connectivity index (χ0) is 12.5. The van der Waals surface area contributed by atoms with Crippen LogP contribution in [0.1, 0.15) is 32.8 Å². The molecule has 3 heteroatoms. The van der Waals surface area contributed by atoms with Crippen LogP contribution in [-0.4, -0.2) is 18.6 Å². The lowest BCUT2D eigenvalue weighted by molar-refractivity contribution is -0.119. The maximum absolute atomic E-state index is 11.3. The molecule has 2 rings (SSSR count). The second-order valence-electron chi connectivity index (χ2n) is 5.21. The monoisotopic (exact) mass is 233 g/mol. The average molecular weight is 233 g/mol. The quantitative estimate of drug-likeness (QED) is 0.869. The molecule has 0 saturated carbocycles. The summed E-state index contributed by atoms with van der Waals surface area (Å²) in [6.07, 6.45) is 0.753. The van der Waals surface area contributed by atoms with E-state index in [1.54, 1.807) is 0 Å². The fourth-order valence-electron chi connectivity index (χ4n) is 2.19. The Labute approximate surface area is 102 Å². The van der Waals surface area contributed by atoms with Crippen molar-refractivity contribution in [3.63, 3.8) is 0 Å². The third kappa shape index (κ3) is 2.60. The number of ether oxygens (including phenoxy) is 1.